The van der Waals surface area contributed by atoms with Crippen LogP contribution in [0.15, 0.2) is 48.8 Å². The van der Waals surface area contributed by atoms with Gasteiger partial charge in [-0.05, 0) is 17.7 Å². The number of hydrogen-bond acceptors (Lipinski definition) is 6. The van der Waals surface area contributed by atoms with Crippen molar-refractivity contribution in [1.82, 2.24) is 14.4 Å². The predicted molar refractivity (Wildman–Crippen MR) is 113 cm³/mol. The van der Waals surface area contributed by atoms with E-state index in [1.165, 1.54) is 0 Å². The molecule has 4 rings (SSSR count). The Bertz CT molecular complexity index is 1200. The van der Waals surface area contributed by atoms with Gasteiger partial charge in [0.1, 0.15) is 18.2 Å². The van der Waals surface area contributed by atoms with Crippen LogP contribution in [0.4, 0.5) is 5.82 Å². The predicted octanol–water partition coefficient (Wildman–Crippen LogP) is 3.84. The van der Waals surface area contributed by atoms with Gasteiger partial charge in [0.2, 0.25) is 5.75 Å². The molecule has 0 aliphatic carbocycles. The first-order valence-electron chi connectivity index (χ1n) is 9.27. The Morgan fingerprint density at radius 2 is 1.77 bits per heavy atom. The molecule has 0 amide bonds. The Hall–Kier alpha value is -4.12. The topological polar surface area (TPSA) is 96.6 Å². The lowest BCUT2D eigenvalue weighted by Gasteiger charge is -2.15. The SMILES string of the molecule is COc1cc(-c2[nH]c3c(C#N)ncn3c2NCc2ccccc2)cc(OC)c1OC. The van der Waals surface area contributed by atoms with Crippen LogP contribution in [0.1, 0.15) is 11.3 Å². The average Bonchev–Trinajstić information content (AvgIpc) is 3.36. The number of aromatic nitrogens is 3. The van der Waals surface area contributed by atoms with E-state index in [4.69, 9.17) is 14.2 Å². The van der Waals surface area contributed by atoms with Crippen molar-refractivity contribution in [2.75, 3.05) is 26.6 Å². The number of benzene rings is 2. The second kappa shape index (κ2) is 8.09. The summed E-state index contributed by atoms with van der Waals surface area (Å²) in [6.45, 7) is 0.602. The summed E-state index contributed by atoms with van der Waals surface area (Å²) < 4.78 is 18.3. The van der Waals surface area contributed by atoms with Gasteiger partial charge in [-0.1, -0.05) is 30.3 Å². The first kappa shape index (κ1) is 19.2. The number of fused-ring (bicyclic) bond motifs is 1. The Morgan fingerprint density at radius 3 is 2.37 bits per heavy atom. The number of nitriles is 1. The van der Waals surface area contributed by atoms with Crippen LogP contribution >= 0.6 is 0 Å². The van der Waals surface area contributed by atoms with Gasteiger partial charge in [-0.15, -0.1) is 0 Å². The summed E-state index contributed by atoms with van der Waals surface area (Å²) in [6, 6.07) is 15.9. The van der Waals surface area contributed by atoms with Gasteiger partial charge in [0.15, 0.2) is 22.8 Å². The molecule has 0 spiro atoms. The van der Waals surface area contributed by atoms with E-state index in [9.17, 15) is 5.26 Å². The summed E-state index contributed by atoms with van der Waals surface area (Å²) in [4.78, 5) is 7.50. The molecule has 4 aromatic rings. The molecule has 0 aliphatic rings. The van der Waals surface area contributed by atoms with Gasteiger partial charge in [-0.25, -0.2) is 4.98 Å². The smallest absolute Gasteiger partial charge is 0.203 e. The van der Waals surface area contributed by atoms with Gasteiger partial charge in [0, 0.05) is 12.1 Å². The van der Waals surface area contributed by atoms with Crippen LogP contribution < -0.4 is 19.5 Å². The first-order valence-corrected chi connectivity index (χ1v) is 9.27. The maximum atomic E-state index is 9.41. The number of imidazole rings is 2. The summed E-state index contributed by atoms with van der Waals surface area (Å²) in [7, 11) is 4.72. The number of ether oxygens (including phenoxy) is 3. The number of methoxy groups -OCH3 is 3. The minimum Gasteiger partial charge on any atom is -0.493 e. The average molecular weight is 403 g/mol. The number of rotatable bonds is 7. The standard InChI is InChI=1S/C22H21N5O3/c1-28-17-9-15(10-18(29-2)20(17)30-3)19-22(24-12-14-7-5-4-6-8-14)27-13-25-16(11-23)21(27)26-19/h4-10,13,24,26H,12H2,1-3H3. The molecule has 30 heavy (non-hydrogen) atoms. The van der Waals surface area contributed by atoms with Gasteiger partial charge >= 0.3 is 0 Å². The Balaban J connectivity index is 1.86. The zero-order chi connectivity index (χ0) is 21.1. The Morgan fingerprint density at radius 1 is 1.07 bits per heavy atom. The van der Waals surface area contributed by atoms with E-state index in [0.717, 1.165) is 22.6 Å². The second-order valence-electron chi connectivity index (χ2n) is 6.53. The highest BCUT2D eigenvalue weighted by Gasteiger charge is 2.20. The summed E-state index contributed by atoms with van der Waals surface area (Å²) in [6.07, 6.45) is 1.62. The zero-order valence-corrected chi connectivity index (χ0v) is 16.9. The van der Waals surface area contributed by atoms with E-state index in [1.54, 1.807) is 27.7 Å². The van der Waals surface area contributed by atoms with Crippen molar-refractivity contribution in [2.24, 2.45) is 0 Å². The maximum absolute atomic E-state index is 9.41. The molecular weight excluding hydrogens is 382 g/mol. The van der Waals surface area contributed by atoms with Crippen LogP contribution in [0.25, 0.3) is 16.9 Å². The Labute approximate surface area is 173 Å². The lowest BCUT2D eigenvalue weighted by molar-refractivity contribution is 0.324. The summed E-state index contributed by atoms with van der Waals surface area (Å²) in [5.74, 6) is 2.37. The molecule has 0 radical (unpaired) electrons. The monoisotopic (exact) mass is 403 g/mol. The molecule has 2 heterocycles. The molecule has 2 aromatic heterocycles. The molecule has 0 atom stereocenters. The van der Waals surface area contributed by atoms with E-state index < -0.39 is 0 Å². The van der Waals surface area contributed by atoms with Gasteiger partial charge in [0.05, 0.1) is 27.0 Å². The molecule has 0 saturated carbocycles. The van der Waals surface area contributed by atoms with Crippen molar-refractivity contribution in [1.29, 1.82) is 5.26 Å². The van der Waals surface area contributed by atoms with Gasteiger partial charge in [0.25, 0.3) is 0 Å². The number of nitrogens with one attached hydrogen (secondary N) is 2. The number of nitrogens with zero attached hydrogens (tertiary/aromatic N) is 3. The third-order valence-electron chi connectivity index (χ3n) is 4.85. The van der Waals surface area contributed by atoms with Gasteiger partial charge < -0.3 is 24.5 Å². The van der Waals surface area contributed by atoms with Crippen molar-refractivity contribution < 1.29 is 14.2 Å². The molecule has 2 aromatic carbocycles. The van der Waals surface area contributed by atoms with Gasteiger partial charge in [-0.3, -0.25) is 4.40 Å². The molecule has 8 nitrogen and oxygen atoms in total. The first-order chi connectivity index (χ1) is 14.7. The number of hydrogen-bond donors (Lipinski definition) is 2. The molecule has 2 N–H and O–H groups in total. The third kappa shape index (κ3) is 3.26. The highest BCUT2D eigenvalue weighted by atomic mass is 16.5. The lowest BCUT2D eigenvalue weighted by Crippen LogP contribution is -2.03. The number of anilines is 1. The van der Waals surface area contributed by atoms with Crippen LogP contribution in [0.3, 0.4) is 0 Å². The quantitative estimate of drug-likeness (QED) is 0.487. The van der Waals surface area contributed by atoms with Gasteiger partial charge in [-0.2, -0.15) is 5.26 Å². The largest absolute Gasteiger partial charge is 0.493 e. The van der Waals surface area contributed by atoms with Crippen LogP contribution in [-0.4, -0.2) is 35.7 Å². The molecule has 152 valence electrons. The van der Waals surface area contributed by atoms with Crippen LogP contribution in [0.2, 0.25) is 0 Å². The molecule has 8 heteroatoms. The zero-order valence-electron chi connectivity index (χ0n) is 16.9. The molecule has 0 aliphatic heterocycles. The van der Waals surface area contributed by atoms with E-state index in [1.807, 2.05) is 46.9 Å². The van der Waals surface area contributed by atoms with E-state index in [-0.39, 0.29) is 0 Å². The third-order valence-corrected chi connectivity index (χ3v) is 4.85. The van der Waals surface area contributed by atoms with E-state index in [2.05, 4.69) is 21.4 Å². The van der Waals surface area contributed by atoms with Crippen molar-refractivity contribution in [3.8, 4) is 34.6 Å². The fourth-order valence-electron chi connectivity index (χ4n) is 3.41. The van der Waals surface area contributed by atoms with Crippen molar-refractivity contribution >= 4 is 11.5 Å². The van der Waals surface area contributed by atoms with E-state index >= 15 is 0 Å². The Kier molecular flexibility index (Phi) is 5.18. The normalized spacial score (nSPS) is 10.6. The summed E-state index contributed by atoms with van der Waals surface area (Å²) >= 11 is 0. The maximum Gasteiger partial charge on any atom is 0.203 e. The molecule has 0 saturated heterocycles. The lowest BCUT2D eigenvalue weighted by atomic mass is 10.1. The van der Waals surface area contributed by atoms with Crippen LogP contribution in [0.5, 0.6) is 17.2 Å². The fraction of sp³-hybridized carbons (Fsp3) is 0.182. The number of aromatic amines is 1. The summed E-state index contributed by atoms with van der Waals surface area (Å²) in [5, 5.41) is 12.9. The molecule has 0 bridgehead atoms. The minimum absolute atomic E-state index is 0.316. The highest BCUT2D eigenvalue weighted by Crippen LogP contribution is 2.42. The minimum atomic E-state index is 0.316. The van der Waals surface area contributed by atoms with Crippen LogP contribution in [0, 0.1) is 11.3 Å². The number of H-pyrrole nitrogens is 1. The van der Waals surface area contributed by atoms with E-state index in [0.29, 0.717) is 35.1 Å². The summed E-state index contributed by atoms with van der Waals surface area (Å²) in [5.41, 5.74) is 3.64. The molecule has 0 fully saturated rings. The molecule has 0 unspecified atom stereocenters. The van der Waals surface area contributed by atoms with Crippen molar-refractivity contribution in [3.63, 3.8) is 0 Å². The van der Waals surface area contributed by atoms with Crippen LogP contribution in [-0.2, 0) is 6.54 Å². The fourth-order valence-corrected chi connectivity index (χ4v) is 3.41. The highest BCUT2D eigenvalue weighted by molar-refractivity contribution is 5.80. The second-order valence-corrected chi connectivity index (χ2v) is 6.53. The van der Waals surface area contributed by atoms with Crippen molar-refractivity contribution in [2.45, 2.75) is 6.54 Å². The molecular formula is C22H21N5O3. The van der Waals surface area contributed by atoms with Crippen molar-refractivity contribution in [3.05, 3.63) is 60.0 Å².